The average Bonchev–Trinajstić information content (AvgIpc) is 2.65. The van der Waals surface area contributed by atoms with Crippen LogP contribution >= 0.6 is 0 Å². The maximum absolute atomic E-state index is 4.48. The average molecular weight is 344 g/mol. The molecular formula is C25H29N. The number of pyridine rings is 1. The minimum atomic E-state index is 0.165. The summed E-state index contributed by atoms with van der Waals surface area (Å²) < 4.78 is 0. The van der Waals surface area contributed by atoms with Crippen molar-refractivity contribution in [2.45, 2.75) is 59.3 Å². The van der Waals surface area contributed by atoms with Gasteiger partial charge in [-0.15, -0.1) is 0 Å². The van der Waals surface area contributed by atoms with E-state index in [0.717, 1.165) is 11.1 Å². The van der Waals surface area contributed by atoms with Gasteiger partial charge >= 0.3 is 0 Å². The van der Waals surface area contributed by atoms with Crippen molar-refractivity contribution >= 4 is 21.7 Å². The van der Waals surface area contributed by atoms with Crippen molar-refractivity contribution in [1.82, 2.24) is 4.98 Å². The summed E-state index contributed by atoms with van der Waals surface area (Å²) >= 11 is 0. The monoisotopic (exact) mass is 343 g/mol. The molecule has 1 nitrogen and oxygen atoms in total. The first kappa shape index (κ1) is 18.5. The number of fused-ring (bicyclic) bond motifs is 2. The molecule has 1 heteroatoms. The molecule has 0 aliphatic rings. The molecule has 1 heterocycles. The van der Waals surface area contributed by atoms with E-state index in [1.807, 2.05) is 12.3 Å². The summed E-state index contributed by atoms with van der Waals surface area (Å²) in [7, 11) is 0. The number of nitrogens with zero attached hydrogens (tertiary/aromatic N) is 1. The molecule has 3 rings (SSSR count). The molecule has 0 radical (unpaired) electrons. The van der Waals surface area contributed by atoms with Crippen molar-refractivity contribution in [1.29, 1.82) is 0 Å². The lowest BCUT2D eigenvalue weighted by molar-refractivity contribution is 0.304. The lowest BCUT2D eigenvalue weighted by Crippen LogP contribution is -2.18. The highest BCUT2D eigenvalue weighted by atomic mass is 14.6. The molecule has 0 N–H and O–H groups in total. The second kappa shape index (κ2) is 8.37. The number of rotatable bonds is 6. The minimum Gasteiger partial charge on any atom is -0.256 e. The van der Waals surface area contributed by atoms with Gasteiger partial charge in [0.15, 0.2) is 0 Å². The van der Waals surface area contributed by atoms with Crippen molar-refractivity contribution in [2.75, 3.05) is 0 Å². The Hall–Kier alpha value is -2.33. The summed E-state index contributed by atoms with van der Waals surface area (Å²) in [4.78, 5) is 4.48. The Morgan fingerprint density at radius 1 is 0.846 bits per heavy atom. The molecule has 0 atom stereocenters. The minimum absolute atomic E-state index is 0.165. The van der Waals surface area contributed by atoms with E-state index in [-0.39, 0.29) is 5.41 Å². The van der Waals surface area contributed by atoms with Gasteiger partial charge in [0, 0.05) is 22.6 Å². The third-order valence-corrected chi connectivity index (χ3v) is 5.25. The van der Waals surface area contributed by atoms with Crippen LogP contribution in [-0.2, 0) is 0 Å². The van der Waals surface area contributed by atoms with Gasteiger partial charge in [-0.1, -0.05) is 70.1 Å². The largest absolute Gasteiger partial charge is 0.256 e. The van der Waals surface area contributed by atoms with E-state index in [1.165, 1.54) is 54.7 Å². The molecule has 0 spiro atoms. The third-order valence-electron chi connectivity index (χ3n) is 5.25. The van der Waals surface area contributed by atoms with E-state index < -0.39 is 0 Å². The van der Waals surface area contributed by atoms with Crippen LogP contribution in [0.3, 0.4) is 0 Å². The summed E-state index contributed by atoms with van der Waals surface area (Å²) in [6.45, 7) is 6.83. The number of hydrogen-bond acceptors (Lipinski definition) is 1. The molecule has 0 fully saturated rings. The third kappa shape index (κ3) is 3.91. The van der Waals surface area contributed by atoms with Crippen molar-refractivity contribution in [2.24, 2.45) is 5.41 Å². The first-order valence-corrected chi connectivity index (χ1v) is 10.0. The van der Waals surface area contributed by atoms with Crippen molar-refractivity contribution < 1.29 is 0 Å². The molecular weight excluding hydrogens is 314 g/mol. The highest BCUT2D eigenvalue weighted by molar-refractivity contribution is 5.99. The molecule has 0 saturated heterocycles. The Morgan fingerprint density at radius 2 is 1.54 bits per heavy atom. The molecule has 0 aliphatic heterocycles. The predicted molar refractivity (Wildman–Crippen MR) is 113 cm³/mol. The fraction of sp³-hybridized carbons (Fsp3) is 0.400. The maximum Gasteiger partial charge on any atom is 0.0708 e. The molecule has 1 aromatic heterocycles. The molecule has 3 aromatic rings. The lowest BCUT2D eigenvalue weighted by atomic mass is 9.76. The molecule has 0 unspecified atom stereocenters. The van der Waals surface area contributed by atoms with Gasteiger partial charge in [-0.3, -0.25) is 4.98 Å². The smallest absolute Gasteiger partial charge is 0.0708 e. The van der Waals surface area contributed by atoms with Crippen LogP contribution in [0.2, 0.25) is 0 Å². The van der Waals surface area contributed by atoms with Crippen LogP contribution < -0.4 is 0 Å². The van der Waals surface area contributed by atoms with Crippen LogP contribution in [0.5, 0.6) is 0 Å². The molecule has 0 amide bonds. The molecule has 0 saturated carbocycles. The van der Waals surface area contributed by atoms with Crippen LogP contribution in [-0.4, -0.2) is 4.98 Å². The van der Waals surface area contributed by atoms with Gasteiger partial charge in [-0.05, 0) is 54.3 Å². The summed E-state index contributed by atoms with van der Waals surface area (Å²) in [5, 5.41) is 3.63. The van der Waals surface area contributed by atoms with Gasteiger partial charge in [-0.2, -0.15) is 0 Å². The van der Waals surface area contributed by atoms with Crippen molar-refractivity contribution in [3.05, 3.63) is 54.2 Å². The fourth-order valence-electron chi connectivity index (χ4n) is 4.15. The maximum atomic E-state index is 4.48. The van der Waals surface area contributed by atoms with Crippen LogP contribution in [0.1, 0.15) is 64.9 Å². The van der Waals surface area contributed by atoms with Gasteiger partial charge in [0.05, 0.1) is 5.52 Å². The van der Waals surface area contributed by atoms with Gasteiger partial charge in [0.1, 0.15) is 0 Å². The van der Waals surface area contributed by atoms with E-state index >= 15 is 0 Å². The van der Waals surface area contributed by atoms with E-state index in [1.54, 1.807) is 0 Å². The number of benzene rings is 2. The Balaban J connectivity index is 2.10. The predicted octanol–water partition coefficient (Wildman–Crippen LogP) is 7.13. The molecule has 2 aromatic carbocycles. The first-order chi connectivity index (χ1) is 12.7. The molecule has 0 bridgehead atoms. The summed E-state index contributed by atoms with van der Waals surface area (Å²) in [5.74, 6) is 7.30. The second-order valence-electron chi connectivity index (χ2n) is 7.36. The zero-order chi connectivity index (χ0) is 18.4. The zero-order valence-electron chi connectivity index (χ0n) is 16.3. The van der Waals surface area contributed by atoms with E-state index in [2.05, 4.69) is 74.0 Å². The summed E-state index contributed by atoms with van der Waals surface area (Å²) in [6.07, 6.45) is 9.02. The Kier molecular flexibility index (Phi) is 5.94. The molecule has 0 aliphatic carbocycles. The van der Waals surface area contributed by atoms with Crippen LogP contribution in [0.15, 0.2) is 48.7 Å². The molecule has 134 valence electrons. The standard InChI is InChI=1S/C25H29N/c1-4-13-25(14-5-2,15-6-3)16-12-20-9-7-10-21-19-24-22(18-23(20)21)11-8-17-26-24/h7-11,17-19H,4-6,13-15H2,1-3H3. The SMILES string of the molecule is CCCC(C#Cc1cccc2cc3ncccc3cc12)(CCC)CCC. The Bertz CT molecular complexity index is 925. The number of hydrogen-bond donors (Lipinski definition) is 0. The van der Waals surface area contributed by atoms with Crippen molar-refractivity contribution in [3.63, 3.8) is 0 Å². The van der Waals surface area contributed by atoms with Gasteiger partial charge < -0.3 is 0 Å². The van der Waals surface area contributed by atoms with Gasteiger partial charge in [-0.25, -0.2) is 0 Å². The zero-order valence-corrected chi connectivity index (χ0v) is 16.3. The van der Waals surface area contributed by atoms with Gasteiger partial charge in [0.2, 0.25) is 0 Å². The highest BCUT2D eigenvalue weighted by Gasteiger charge is 2.24. The van der Waals surface area contributed by atoms with Crippen molar-refractivity contribution in [3.8, 4) is 11.8 Å². The summed E-state index contributed by atoms with van der Waals surface area (Å²) in [5.41, 5.74) is 2.35. The second-order valence-corrected chi connectivity index (χ2v) is 7.36. The van der Waals surface area contributed by atoms with Crippen LogP contribution in [0.4, 0.5) is 0 Å². The fourth-order valence-corrected chi connectivity index (χ4v) is 4.15. The first-order valence-electron chi connectivity index (χ1n) is 10.0. The van der Waals surface area contributed by atoms with Crippen LogP contribution in [0.25, 0.3) is 21.7 Å². The summed E-state index contributed by atoms with van der Waals surface area (Å²) in [6, 6.07) is 15.0. The Labute approximate surface area is 157 Å². The highest BCUT2D eigenvalue weighted by Crippen LogP contribution is 2.35. The normalized spacial score (nSPS) is 11.5. The lowest BCUT2D eigenvalue weighted by Gasteiger charge is -2.27. The number of aromatic nitrogens is 1. The van der Waals surface area contributed by atoms with Gasteiger partial charge in [0.25, 0.3) is 0 Å². The van der Waals surface area contributed by atoms with E-state index in [4.69, 9.17) is 0 Å². The van der Waals surface area contributed by atoms with E-state index in [0.29, 0.717) is 0 Å². The molecule has 26 heavy (non-hydrogen) atoms. The van der Waals surface area contributed by atoms with Crippen LogP contribution in [0, 0.1) is 17.3 Å². The quantitative estimate of drug-likeness (QED) is 0.343. The Morgan fingerprint density at radius 3 is 2.23 bits per heavy atom. The van der Waals surface area contributed by atoms with E-state index in [9.17, 15) is 0 Å². The topological polar surface area (TPSA) is 12.9 Å².